The summed E-state index contributed by atoms with van der Waals surface area (Å²) in [6, 6.07) is 4.06. The van der Waals surface area contributed by atoms with Gasteiger partial charge in [-0.05, 0) is 30.4 Å². The van der Waals surface area contributed by atoms with Crippen LogP contribution in [0.2, 0.25) is 0 Å². The van der Waals surface area contributed by atoms with Crippen LogP contribution in [0.1, 0.15) is 64.6 Å². The van der Waals surface area contributed by atoms with Gasteiger partial charge in [-0.15, -0.1) is 0 Å². The minimum Gasteiger partial charge on any atom is -0.474 e. The van der Waals surface area contributed by atoms with Crippen molar-refractivity contribution in [2.75, 3.05) is 0 Å². The number of halogens is 2. The van der Waals surface area contributed by atoms with Crippen molar-refractivity contribution in [3.8, 4) is 5.88 Å². The van der Waals surface area contributed by atoms with Crippen LogP contribution in [-0.4, -0.2) is 17.5 Å². The highest BCUT2D eigenvalue weighted by molar-refractivity contribution is 5.30. The van der Waals surface area contributed by atoms with Crippen LogP contribution in [0.3, 0.4) is 0 Å². The molecule has 0 fully saturated rings. The lowest BCUT2D eigenvalue weighted by Crippen LogP contribution is -2.18. The van der Waals surface area contributed by atoms with Crippen LogP contribution in [0, 0.1) is 6.92 Å². The molecule has 0 unspecified atom stereocenters. The number of ether oxygens (including phenoxy) is 1. The molecule has 2 nitrogen and oxygen atoms in total. The molecular weight excluding hydrogens is 296 g/mol. The number of hydrogen-bond donors (Lipinski definition) is 0. The molecule has 0 saturated heterocycles. The molecule has 1 aromatic rings. The normalized spacial score (nSPS) is 13.7. The number of aryl methyl sites for hydroxylation is 1. The Kier molecular flexibility index (Phi) is 7.66. The fraction of sp³-hybridized carbons (Fsp3) is 0.632. The summed E-state index contributed by atoms with van der Waals surface area (Å²) < 4.78 is 30.4. The van der Waals surface area contributed by atoms with E-state index in [9.17, 15) is 8.78 Å². The number of rotatable bonds is 8. The van der Waals surface area contributed by atoms with E-state index in [1.807, 2.05) is 13.0 Å². The van der Waals surface area contributed by atoms with E-state index in [0.29, 0.717) is 12.3 Å². The first-order chi connectivity index (χ1) is 10.7. The molecule has 0 N–H and O–H groups in total. The van der Waals surface area contributed by atoms with Gasteiger partial charge in [-0.25, -0.2) is 13.8 Å². The van der Waals surface area contributed by atoms with Gasteiger partial charge in [0.1, 0.15) is 6.10 Å². The summed E-state index contributed by atoms with van der Waals surface area (Å²) in [5.41, 5.74) is 2.14. The topological polar surface area (TPSA) is 22.1 Å². The number of pyridine rings is 1. The first-order valence-electron chi connectivity index (χ1n) is 8.31. The van der Waals surface area contributed by atoms with Crippen LogP contribution in [0.15, 0.2) is 24.3 Å². The molecule has 0 aliphatic rings. The van der Waals surface area contributed by atoms with Crippen molar-refractivity contribution in [1.29, 1.82) is 0 Å². The summed E-state index contributed by atoms with van der Waals surface area (Å²) >= 11 is 0. The molecule has 130 valence electrons. The minimum absolute atomic E-state index is 0.0310. The lowest BCUT2D eigenvalue weighted by atomic mass is 9.87. The van der Waals surface area contributed by atoms with E-state index < -0.39 is 6.43 Å². The maximum absolute atomic E-state index is 12.2. The van der Waals surface area contributed by atoms with E-state index >= 15 is 0 Å². The largest absolute Gasteiger partial charge is 0.474 e. The van der Waals surface area contributed by atoms with Crippen LogP contribution < -0.4 is 4.74 Å². The molecule has 0 amide bonds. The predicted molar refractivity (Wildman–Crippen MR) is 91.4 cm³/mol. The molecule has 0 aromatic carbocycles. The highest BCUT2D eigenvalue weighted by atomic mass is 19.3. The fourth-order valence-corrected chi connectivity index (χ4v) is 2.30. The van der Waals surface area contributed by atoms with E-state index in [0.717, 1.165) is 18.5 Å². The molecule has 1 aromatic heterocycles. The van der Waals surface area contributed by atoms with E-state index in [4.69, 9.17) is 4.74 Å². The Hall–Kier alpha value is -1.45. The smallest absolute Gasteiger partial charge is 0.242 e. The second-order valence-electron chi connectivity index (χ2n) is 6.95. The zero-order valence-corrected chi connectivity index (χ0v) is 14.9. The zero-order valence-electron chi connectivity index (χ0n) is 14.9. The van der Waals surface area contributed by atoms with Crippen LogP contribution in [0.25, 0.3) is 0 Å². The van der Waals surface area contributed by atoms with Crippen LogP contribution in [-0.2, 0) is 5.41 Å². The zero-order chi connectivity index (χ0) is 17.5. The molecule has 4 heteroatoms. The lowest BCUT2D eigenvalue weighted by Gasteiger charge is -2.22. The van der Waals surface area contributed by atoms with Crippen molar-refractivity contribution in [2.45, 2.75) is 78.2 Å². The Morgan fingerprint density at radius 3 is 2.39 bits per heavy atom. The van der Waals surface area contributed by atoms with Gasteiger partial charge >= 0.3 is 0 Å². The molecule has 0 spiro atoms. The first-order valence-corrected chi connectivity index (χ1v) is 8.31. The third-order valence-corrected chi connectivity index (χ3v) is 3.57. The Morgan fingerprint density at radius 1 is 1.17 bits per heavy atom. The van der Waals surface area contributed by atoms with Gasteiger partial charge in [0.15, 0.2) is 0 Å². The highest BCUT2D eigenvalue weighted by Crippen LogP contribution is 2.26. The van der Waals surface area contributed by atoms with Crippen LogP contribution in [0.5, 0.6) is 5.88 Å². The summed E-state index contributed by atoms with van der Waals surface area (Å²) in [5.74, 6) is 0.621. The average molecular weight is 325 g/mol. The van der Waals surface area contributed by atoms with Crippen molar-refractivity contribution in [2.24, 2.45) is 0 Å². The highest BCUT2D eigenvalue weighted by Gasteiger charge is 2.17. The summed E-state index contributed by atoms with van der Waals surface area (Å²) in [6.07, 6.45) is 3.27. The fourth-order valence-electron chi connectivity index (χ4n) is 2.30. The Morgan fingerprint density at radius 2 is 1.83 bits per heavy atom. The van der Waals surface area contributed by atoms with Crippen molar-refractivity contribution < 1.29 is 13.5 Å². The van der Waals surface area contributed by atoms with E-state index in [-0.39, 0.29) is 17.9 Å². The second-order valence-corrected chi connectivity index (χ2v) is 6.95. The number of aromatic nitrogens is 1. The van der Waals surface area contributed by atoms with E-state index in [1.165, 1.54) is 11.6 Å². The van der Waals surface area contributed by atoms with E-state index in [2.05, 4.69) is 38.7 Å². The first kappa shape index (κ1) is 19.6. The lowest BCUT2D eigenvalue weighted by molar-refractivity contribution is 0.151. The van der Waals surface area contributed by atoms with Gasteiger partial charge in [0, 0.05) is 24.6 Å². The minimum atomic E-state index is -2.29. The van der Waals surface area contributed by atoms with Crippen LogP contribution in [0.4, 0.5) is 8.78 Å². The van der Waals surface area contributed by atoms with Gasteiger partial charge < -0.3 is 4.74 Å². The molecule has 0 saturated carbocycles. The quantitative estimate of drug-likeness (QED) is 0.560. The Balaban J connectivity index is 2.79. The molecule has 0 radical (unpaired) electrons. The third kappa shape index (κ3) is 7.58. The molecule has 0 aliphatic carbocycles. The average Bonchev–Trinajstić information content (AvgIpc) is 2.42. The monoisotopic (exact) mass is 325 g/mol. The van der Waals surface area contributed by atoms with Gasteiger partial charge in [-0.1, -0.05) is 46.3 Å². The van der Waals surface area contributed by atoms with Crippen LogP contribution >= 0.6 is 0 Å². The summed E-state index contributed by atoms with van der Waals surface area (Å²) in [6.45, 7) is 10.5. The maximum Gasteiger partial charge on any atom is 0.242 e. The summed E-state index contributed by atoms with van der Waals surface area (Å²) in [7, 11) is 0. The van der Waals surface area contributed by atoms with Crippen molar-refractivity contribution in [3.63, 3.8) is 0 Å². The van der Waals surface area contributed by atoms with Gasteiger partial charge in [-0.2, -0.15) is 0 Å². The number of allylic oxidation sites excluding steroid dienone is 1. The number of nitrogens with zero attached hydrogens (tertiary/aromatic N) is 1. The van der Waals surface area contributed by atoms with Crippen molar-refractivity contribution >= 4 is 0 Å². The SMILES string of the molecule is CCC[C@@H](C/C=C/CC(F)F)Oc1cc(C(C)(C)C)cc(C)n1. The Labute approximate surface area is 139 Å². The standard InChI is InChI=1S/C19H29F2NO/c1-6-9-16(10-7-8-11-17(20)21)23-18-13-15(19(3,4)5)12-14(2)22-18/h7-8,12-13,16-17H,6,9-11H2,1-5H3/b8-7+/t16-/m0/s1. The Bertz CT molecular complexity index is 507. The molecule has 23 heavy (non-hydrogen) atoms. The molecule has 1 atom stereocenters. The van der Waals surface area contributed by atoms with Gasteiger partial charge in [0.05, 0.1) is 0 Å². The number of hydrogen-bond acceptors (Lipinski definition) is 2. The van der Waals surface area contributed by atoms with Gasteiger partial charge in [-0.3, -0.25) is 0 Å². The van der Waals surface area contributed by atoms with Gasteiger partial charge in [0.2, 0.25) is 12.3 Å². The van der Waals surface area contributed by atoms with Crippen molar-refractivity contribution in [3.05, 3.63) is 35.5 Å². The summed E-state index contributed by atoms with van der Waals surface area (Å²) in [5, 5.41) is 0. The summed E-state index contributed by atoms with van der Waals surface area (Å²) in [4.78, 5) is 4.46. The molecule has 0 bridgehead atoms. The molecular formula is C19H29F2NO. The second kappa shape index (κ2) is 8.99. The van der Waals surface area contributed by atoms with Crippen molar-refractivity contribution in [1.82, 2.24) is 4.98 Å². The van der Waals surface area contributed by atoms with E-state index in [1.54, 1.807) is 6.08 Å². The molecule has 1 rings (SSSR count). The molecule has 1 heterocycles. The predicted octanol–water partition coefficient (Wildman–Crippen LogP) is 5.84. The maximum atomic E-state index is 12.2. The molecule has 0 aliphatic heterocycles. The van der Waals surface area contributed by atoms with Gasteiger partial charge in [0.25, 0.3) is 0 Å². The number of alkyl halides is 2. The third-order valence-electron chi connectivity index (χ3n) is 3.57.